The fourth-order valence-corrected chi connectivity index (χ4v) is 3.72. The Morgan fingerprint density at radius 1 is 1.12 bits per heavy atom. The van der Waals surface area contributed by atoms with Gasteiger partial charge in [-0.3, -0.25) is 0 Å². The summed E-state index contributed by atoms with van der Waals surface area (Å²) < 4.78 is 6.58. The molecule has 1 saturated heterocycles. The van der Waals surface area contributed by atoms with Gasteiger partial charge in [-0.05, 0) is 49.7 Å². The lowest BCUT2D eigenvalue weighted by Crippen LogP contribution is -2.33. The highest BCUT2D eigenvalue weighted by Gasteiger charge is 2.19. The Balaban J connectivity index is 1.73. The minimum atomic E-state index is 0.327. The zero-order valence-electron chi connectivity index (χ0n) is 14.2. The van der Waals surface area contributed by atoms with Crippen LogP contribution in [-0.2, 0) is 6.54 Å². The second kappa shape index (κ2) is 8.65. The first-order chi connectivity index (χ1) is 11.8. The number of methoxy groups -OCH3 is 1. The molecule has 2 aromatic rings. The van der Waals surface area contributed by atoms with Crippen molar-refractivity contribution in [1.82, 2.24) is 10.2 Å². The van der Waals surface area contributed by atoms with Gasteiger partial charge in [0.05, 0.1) is 7.11 Å². The SMILES string of the molecule is COc1ccc(Br)cc1CNC(CN1CCCC1)c1ccccc1. The summed E-state index contributed by atoms with van der Waals surface area (Å²) in [6, 6.07) is 17.2. The summed E-state index contributed by atoms with van der Waals surface area (Å²) in [5.74, 6) is 0.929. The Bertz CT molecular complexity index is 641. The van der Waals surface area contributed by atoms with Gasteiger partial charge in [-0.2, -0.15) is 0 Å². The maximum Gasteiger partial charge on any atom is 0.123 e. The van der Waals surface area contributed by atoms with Crippen molar-refractivity contribution in [2.24, 2.45) is 0 Å². The molecule has 0 radical (unpaired) electrons. The van der Waals surface area contributed by atoms with Crippen LogP contribution in [0.5, 0.6) is 5.75 Å². The Morgan fingerprint density at radius 2 is 1.88 bits per heavy atom. The van der Waals surface area contributed by atoms with E-state index in [1.165, 1.54) is 37.1 Å². The van der Waals surface area contributed by atoms with E-state index in [0.717, 1.165) is 23.3 Å². The minimum Gasteiger partial charge on any atom is -0.496 e. The van der Waals surface area contributed by atoms with E-state index in [2.05, 4.69) is 62.5 Å². The number of nitrogens with one attached hydrogen (secondary N) is 1. The van der Waals surface area contributed by atoms with E-state index >= 15 is 0 Å². The third kappa shape index (κ3) is 4.59. The molecule has 0 aliphatic carbocycles. The minimum absolute atomic E-state index is 0.327. The smallest absolute Gasteiger partial charge is 0.123 e. The maximum atomic E-state index is 5.50. The average Bonchev–Trinajstić information content (AvgIpc) is 3.12. The van der Waals surface area contributed by atoms with Crippen LogP contribution < -0.4 is 10.1 Å². The number of hydrogen-bond acceptors (Lipinski definition) is 3. The summed E-state index contributed by atoms with van der Waals surface area (Å²) in [6.07, 6.45) is 2.64. The van der Waals surface area contributed by atoms with Gasteiger partial charge < -0.3 is 15.0 Å². The molecule has 24 heavy (non-hydrogen) atoms. The third-order valence-electron chi connectivity index (χ3n) is 4.62. The highest BCUT2D eigenvalue weighted by atomic mass is 79.9. The third-order valence-corrected chi connectivity index (χ3v) is 5.12. The summed E-state index contributed by atoms with van der Waals surface area (Å²) in [6.45, 7) is 4.27. The van der Waals surface area contributed by atoms with E-state index in [4.69, 9.17) is 4.74 Å². The lowest BCUT2D eigenvalue weighted by Gasteiger charge is -2.25. The number of hydrogen-bond donors (Lipinski definition) is 1. The highest BCUT2D eigenvalue weighted by Crippen LogP contribution is 2.24. The van der Waals surface area contributed by atoms with Crippen LogP contribution in [-0.4, -0.2) is 31.6 Å². The van der Waals surface area contributed by atoms with Crippen LogP contribution in [0.1, 0.15) is 30.0 Å². The fraction of sp³-hybridized carbons (Fsp3) is 0.400. The number of benzene rings is 2. The molecule has 1 fully saturated rings. The van der Waals surface area contributed by atoms with Crippen LogP contribution >= 0.6 is 15.9 Å². The molecule has 1 aliphatic rings. The van der Waals surface area contributed by atoms with E-state index in [1.54, 1.807) is 7.11 Å². The van der Waals surface area contributed by atoms with E-state index in [1.807, 2.05) is 12.1 Å². The largest absolute Gasteiger partial charge is 0.496 e. The number of rotatable bonds is 7. The second-order valence-electron chi connectivity index (χ2n) is 6.31. The Morgan fingerprint density at radius 3 is 2.58 bits per heavy atom. The standard InChI is InChI=1S/C20H25BrN2O/c1-24-20-10-9-18(21)13-17(20)14-22-19(15-23-11-5-6-12-23)16-7-3-2-4-8-16/h2-4,7-10,13,19,22H,5-6,11-12,14-15H2,1H3. The fourth-order valence-electron chi connectivity index (χ4n) is 3.32. The molecule has 1 atom stereocenters. The molecule has 128 valence electrons. The highest BCUT2D eigenvalue weighted by molar-refractivity contribution is 9.10. The first-order valence-electron chi connectivity index (χ1n) is 8.59. The summed E-state index contributed by atoms with van der Waals surface area (Å²) in [4.78, 5) is 2.56. The topological polar surface area (TPSA) is 24.5 Å². The predicted molar refractivity (Wildman–Crippen MR) is 102 cm³/mol. The molecule has 3 nitrogen and oxygen atoms in total. The first kappa shape index (κ1) is 17.5. The van der Waals surface area contributed by atoms with Gasteiger partial charge in [0, 0.05) is 29.2 Å². The molecule has 1 unspecified atom stereocenters. The summed E-state index contributed by atoms with van der Waals surface area (Å²) >= 11 is 3.56. The van der Waals surface area contributed by atoms with Crippen LogP contribution in [0.2, 0.25) is 0 Å². The molecular formula is C20H25BrN2O. The first-order valence-corrected chi connectivity index (χ1v) is 9.38. The molecule has 1 aliphatic heterocycles. The Kier molecular flexibility index (Phi) is 6.30. The summed E-state index contributed by atoms with van der Waals surface area (Å²) in [5.41, 5.74) is 2.52. The molecule has 3 rings (SSSR count). The lowest BCUT2D eigenvalue weighted by atomic mass is 10.1. The molecule has 4 heteroatoms. The maximum absolute atomic E-state index is 5.50. The van der Waals surface area contributed by atoms with Gasteiger partial charge in [0.25, 0.3) is 0 Å². The molecule has 0 amide bonds. The number of likely N-dealkylation sites (tertiary alicyclic amines) is 1. The van der Waals surface area contributed by atoms with Crippen LogP contribution in [0.25, 0.3) is 0 Å². The number of nitrogens with zero attached hydrogens (tertiary/aromatic N) is 1. The van der Waals surface area contributed by atoms with Crippen molar-refractivity contribution in [3.05, 3.63) is 64.1 Å². The van der Waals surface area contributed by atoms with Gasteiger partial charge in [0.2, 0.25) is 0 Å². The van der Waals surface area contributed by atoms with Crippen molar-refractivity contribution in [1.29, 1.82) is 0 Å². The normalized spacial score (nSPS) is 16.2. The molecule has 2 aromatic carbocycles. The van der Waals surface area contributed by atoms with Crippen molar-refractivity contribution in [2.45, 2.75) is 25.4 Å². The van der Waals surface area contributed by atoms with Gasteiger partial charge in [0.1, 0.15) is 5.75 Å². The van der Waals surface area contributed by atoms with Crippen molar-refractivity contribution in [3.8, 4) is 5.75 Å². The van der Waals surface area contributed by atoms with Crippen molar-refractivity contribution < 1.29 is 4.74 Å². The zero-order chi connectivity index (χ0) is 16.8. The van der Waals surface area contributed by atoms with E-state index < -0.39 is 0 Å². The van der Waals surface area contributed by atoms with Gasteiger partial charge in [-0.15, -0.1) is 0 Å². The molecule has 0 spiro atoms. The Hall–Kier alpha value is -1.36. The Labute approximate surface area is 153 Å². The molecule has 0 aromatic heterocycles. The predicted octanol–water partition coefficient (Wildman–Crippen LogP) is 4.38. The molecule has 1 heterocycles. The second-order valence-corrected chi connectivity index (χ2v) is 7.22. The van der Waals surface area contributed by atoms with Crippen molar-refractivity contribution in [2.75, 3.05) is 26.7 Å². The van der Waals surface area contributed by atoms with E-state index in [9.17, 15) is 0 Å². The molecule has 1 N–H and O–H groups in total. The van der Waals surface area contributed by atoms with Crippen LogP contribution in [0, 0.1) is 0 Å². The quantitative estimate of drug-likeness (QED) is 0.761. The monoisotopic (exact) mass is 388 g/mol. The number of halogens is 1. The summed E-state index contributed by atoms with van der Waals surface area (Å²) in [7, 11) is 1.73. The van der Waals surface area contributed by atoms with Gasteiger partial charge >= 0.3 is 0 Å². The molecule has 0 bridgehead atoms. The van der Waals surface area contributed by atoms with Gasteiger partial charge in [-0.25, -0.2) is 0 Å². The van der Waals surface area contributed by atoms with Crippen LogP contribution in [0.4, 0.5) is 0 Å². The number of ether oxygens (including phenoxy) is 1. The molecular weight excluding hydrogens is 364 g/mol. The van der Waals surface area contributed by atoms with Gasteiger partial charge in [0.15, 0.2) is 0 Å². The summed E-state index contributed by atoms with van der Waals surface area (Å²) in [5, 5.41) is 3.74. The van der Waals surface area contributed by atoms with Crippen LogP contribution in [0.15, 0.2) is 53.0 Å². The average molecular weight is 389 g/mol. The lowest BCUT2D eigenvalue weighted by molar-refractivity contribution is 0.290. The van der Waals surface area contributed by atoms with Crippen LogP contribution in [0.3, 0.4) is 0 Å². The van der Waals surface area contributed by atoms with Gasteiger partial charge in [-0.1, -0.05) is 46.3 Å². The van der Waals surface area contributed by atoms with E-state index in [-0.39, 0.29) is 0 Å². The van der Waals surface area contributed by atoms with Crippen molar-refractivity contribution >= 4 is 15.9 Å². The van der Waals surface area contributed by atoms with Crippen molar-refractivity contribution in [3.63, 3.8) is 0 Å². The van der Waals surface area contributed by atoms with E-state index in [0.29, 0.717) is 6.04 Å². The zero-order valence-corrected chi connectivity index (χ0v) is 15.8. The molecule has 0 saturated carbocycles.